The molecule has 5 atom stereocenters. The highest BCUT2D eigenvalue weighted by Crippen LogP contribution is 2.44. The van der Waals surface area contributed by atoms with Crippen LogP contribution in [0.3, 0.4) is 0 Å². The maximum absolute atomic E-state index is 11.7. The summed E-state index contributed by atoms with van der Waals surface area (Å²) in [6.07, 6.45) is -2.01. The number of fused-ring (bicyclic) bond motifs is 1. The summed E-state index contributed by atoms with van der Waals surface area (Å²) in [5.74, 6) is -4.57. The predicted octanol–water partition coefficient (Wildman–Crippen LogP) is 0.874. The lowest BCUT2D eigenvalue weighted by Gasteiger charge is -2.43. The zero-order valence-electron chi connectivity index (χ0n) is 14.0. The van der Waals surface area contributed by atoms with E-state index in [1.165, 1.54) is 7.11 Å². The zero-order valence-corrected chi connectivity index (χ0v) is 14.0. The zero-order chi connectivity index (χ0) is 17.0. The minimum absolute atomic E-state index is 0.0421. The van der Waals surface area contributed by atoms with E-state index in [0.29, 0.717) is 0 Å². The first-order valence-electron chi connectivity index (χ1n) is 7.71. The molecule has 0 amide bonds. The number of methoxy groups -OCH3 is 1. The summed E-state index contributed by atoms with van der Waals surface area (Å²) < 4.78 is 34.3. The Balaban J connectivity index is 1.90. The normalized spacial score (nSPS) is 44.9. The molecule has 8 heteroatoms. The van der Waals surface area contributed by atoms with Crippen molar-refractivity contribution in [1.29, 1.82) is 0 Å². The van der Waals surface area contributed by atoms with Gasteiger partial charge in [0.25, 0.3) is 5.79 Å². The van der Waals surface area contributed by atoms with Gasteiger partial charge >= 0.3 is 5.97 Å². The van der Waals surface area contributed by atoms with E-state index in [1.54, 1.807) is 27.7 Å². The van der Waals surface area contributed by atoms with Crippen LogP contribution in [0, 0.1) is 0 Å². The lowest BCUT2D eigenvalue weighted by molar-refractivity contribution is -0.305. The molecule has 8 nitrogen and oxygen atoms in total. The summed E-state index contributed by atoms with van der Waals surface area (Å²) in [6, 6.07) is 0. The summed E-state index contributed by atoms with van der Waals surface area (Å²) >= 11 is 0. The van der Waals surface area contributed by atoms with Gasteiger partial charge in [-0.05, 0) is 27.7 Å². The summed E-state index contributed by atoms with van der Waals surface area (Å²) in [5.41, 5.74) is 0. The molecular weight excluding hydrogens is 308 g/mol. The van der Waals surface area contributed by atoms with E-state index < -0.39 is 47.7 Å². The number of carboxylic acid groups (broad SMARTS) is 1. The van der Waals surface area contributed by atoms with Gasteiger partial charge in [0.15, 0.2) is 11.6 Å². The number of hydrogen-bond acceptors (Lipinski definition) is 7. The number of rotatable bonds is 3. The maximum Gasteiger partial charge on any atom is 0.364 e. The molecule has 0 aromatic rings. The molecule has 1 N–H and O–H groups in total. The second-order valence-electron chi connectivity index (χ2n) is 7.05. The van der Waals surface area contributed by atoms with Crippen molar-refractivity contribution in [3.63, 3.8) is 0 Å². The van der Waals surface area contributed by atoms with Crippen LogP contribution in [0.4, 0.5) is 0 Å². The number of aliphatic carboxylic acids is 1. The van der Waals surface area contributed by atoms with Crippen molar-refractivity contribution in [1.82, 2.24) is 0 Å². The van der Waals surface area contributed by atoms with E-state index in [-0.39, 0.29) is 13.0 Å². The molecule has 0 saturated carbocycles. The molecule has 3 saturated heterocycles. The molecule has 3 fully saturated rings. The highest BCUT2D eigenvalue weighted by atomic mass is 16.8. The number of carbonyl (C=O) groups is 1. The SMILES string of the molecule is CO[C@]1(C(=O)O)CC2OC(C)(C)O[C@H]2[C@@H]([C@H]2COC(C)(C)O2)O1. The molecule has 3 aliphatic heterocycles. The Labute approximate surface area is 134 Å². The molecule has 1 unspecified atom stereocenters. The van der Waals surface area contributed by atoms with Gasteiger partial charge in [-0.1, -0.05) is 0 Å². The fraction of sp³-hybridized carbons (Fsp3) is 0.933. The van der Waals surface area contributed by atoms with Gasteiger partial charge in [-0.25, -0.2) is 4.79 Å². The van der Waals surface area contributed by atoms with Crippen molar-refractivity contribution < 1.29 is 38.3 Å². The second kappa shape index (κ2) is 5.37. The molecular formula is C15H24O8. The predicted molar refractivity (Wildman–Crippen MR) is 75.6 cm³/mol. The van der Waals surface area contributed by atoms with Crippen LogP contribution in [-0.4, -0.2) is 66.6 Å². The minimum atomic E-state index is -1.79. The summed E-state index contributed by atoms with van der Waals surface area (Å²) in [4.78, 5) is 11.7. The summed E-state index contributed by atoms with van der Waals surface area (Å²) in [5, 5.41) is 9.58. The molecule has 3 rings (SSSR count). The average molecular weight is 332 g/mol. The van der Waals surface area contributed by atoms with Gasteiger partial charge in [0, 0.05) is 13.5 Å². The van der Waals surface area contributed by atoms with E-state index in [2.05, 4.69) is 0 Å². The van der Waals surface area contributed by atoms with Crippen LogP contribution in [0.2, 0.25) is 0 Å². The van der Waals surface area contributed by atoms with Crippen molar-refractivity contribution in [3.05, 3.63) is 0 Å². The highest BCUT2D eigenvalue weighted by Gasteiger charge is 2.61. The van der Waals surface area contributed by atoms with E-state index in [1.807, 2.05) is 0 Å². The van der Waals surface area contributed by atoms with Gasteiger partial charge in [-0.2, -0.15) is 0 Å². The molecule has 132 valence electrons. The van der Waals surface area contributed by atoms with Gasteiger partial charge in [0.05, 0.1) is 12.7 Å². The fourth-order valence-corrected chi connectivity index (χ4v) is 3.42. The molecule has 23 heavy (non-hydrogen) atoms. The van der Waals surface area contributed by atoms with Crippen LogP contribution >= 0.6 is 0 Å². The molecule has 0 radical (unpaired) electrons. The largest absolute Gasteiger partial charge is 0.477 e. The van der Waals surface area contributed by atoms with Crippen LogP contribution in [0.5, 0.6) is 0 Å². The quantitative estimate of drug-likeness (QED) is 0.814. The molecule has 0 aromatic heterocycles. The third-order valence-corrected chi connectivity index (χ3v) is 4.39. The first-order chi connectivity index (χ1) is 10.6. The van der Waals surface area contributed by atoms with Crippen molar-refractivity contribution in [3.8, 4) is 0 Å². The smallest absolute Gasteiger partial charge is 0.364 e. The van der Waals surface area contributed by atoms with Crippen molar-refractivity contribution in [2.75, 3.05) is 13.7 Å². The summed E-state index contributed by atoms with van der Waals surface area (Å²) in [6.45, 7) is 7.44. The Morgan fingerprint density at radius 1 is 1.00 bits per heavy atom. The molecule has 0 aromatic carbocycles. The average Bonchev–Trinajstić information content (AvgIpc) is 2.94. The van der Waals surface area contributed by atoms with Crippen LogP contribution < -0.4 is 0 Å². The van der Waals surface area contributed by atoms with Crippen molar-refractivity contribution in [2.24, 2.45) is 0 Å². The lowest BCUT2D eigenvalue weighted by atomic mass is 9.92. The van der Waals surface area contributed by atoms with E-state index >= 15 is 0 Å². The number of carboxylic acids is 1. The van der Waals surface area contributed by atoms with Gasteiger partial charge in [-0.15, -0.1) is 0 Å². The Morgan fingerprint density at radius 3 is 2.13 bits per heavy atom. The Kier molecular flexibility index (Phi) is 3.98. The van der Waals surface area contributed by atoms with E-state index in [9.17, 15) is 9.90 Å². The van der Waals surface area contributed by atoms with Gasteiger partial charge < -0.3 is 33.5 Å². The minimum Gasteiger partial charge on any atom is -0.477 e. The molecule has 3 heterocycles. The molecule has 0 aliphatic carbocycles. The lowest BCUT2D eigenvalue weighted by Crippen LogP contribution is -2.61. The second-order valence-corrected chi connectivity index (χ2v) is 7.05. The fourth-order valence-electron chi connectivity index (χ4n) is 3.42. The molecule has 0 spiro atoms. The van der Waals surface area contributed by atoms with Crippen molar-refractivity contribution >= 4 is 5.97 Å². The molecule has 0 bridgehead atoms. The van der Waals surface area contributed by atoms with Crippen LogP contribution in [0.25, 0.3) is 0 Å². The highest BCUT2D eigenvalue weighted by molar-refractivity contribution is 5.76. The summed E-state index contributed by atoms with van der Waals surface area (Å²) in [7, 11) is 1.31. The first-order valence-corrected chi connectivity index (χ1v) is 7.71. The van der Waals surface area contributed by atoms with E-state index in [0.717, 1.165) is 0 Å². The molecule has 3 aliphatic rings. The van der Waals surface area contributed by atoms with Gasteiger partial charge in [-0.3, -0.25) is 0 Å². The van der Waals surface area contributed by atoms with Gasteiger partial charge in [0.2, 0.25) is 0 Å². The Morgan fingerprint density at radius 2 is 1.61 bits per heavy atom. The number of ether oxygens (including phenoxy) is 6. The van der Waals surface area contributed by atoms with Crippen LogP contribution in [0.15, 0.2) is 0 Å². The Hall–Kier alpha value is -0.770. The van der Waals surface area contributed by atoms with Crippen LogP contribution in [-0.2, 0) is 33.2 Å². The standard InChI is InChI=1S/C15H24O8/c1-13(2)19-7-9(21-13)11-10-8(20-14(3,4)22-10)6-15(18-5,23-11)12(16)17/h8-11H,6-7H2,1-5H3,(H,16,17)/t8?,9-,10-,11-,15-/m1/s1. The number of hydrogen-bond donors (Lipinski definition) is 1. The third kappa shape index (κ3) is 2.99. The monoisotopic (exact) mass is 332 g/mol. The van der Waals surface area contributed by atoms with E-state index in [4.69, 9.17) is 28.4 Å². The Bertz CT molecular complexity index is 490. The topological polar surface area (TPSA) is 92.7 Å². The third-order valence-electron chi connectivity index (χ3n) is 4.39. The first kappa shape index (κ1) is 17.1. The van der Waals surface area contributed by atoms with Crippen LogP contribution in [0.1, 0.15) is 34.1 Å². The van der Waals surface area contributed by atoms with Crippen molar-refractivity contribution in [2.45, 2.75) is 75.9 Å². The maximum atomic E-state index is 11.7. The van der Waals surface area contributed by atoms with Gasteiger partial charge in [0.1, 0.15) is 18.3 Å².